The van der Waals surface area contributed by atoms with E-state index in [4.69, 9.17) is 0 Å². The van der Waals surface area contributed by atoms with Crippen LogP contribution in [0.1, 0.15) is 44.3 Å². The first-order valence-corrected chi connectivity index (χ1v) is 7.37. The standard InChI is InChI=1S/C19H20O2/c1-11-8-12(2)17(13(3)9-11)19(21)16-10-14-6-4-5-7-15(14)18(16)20/h4-9,16,18,20H,10H2,1-3H3/t16-,18+/m1/s1. The fourth-order valence-corrected chi connectivity index (χ4v) is 3.56. The Balaban J connectivity index is 1.99. The summed E-state index contributed by atoms with van der Waals surface area (Å²) in [5.74, 6) is -0.295. The van der Waals surface area contributed by atoms with Crippen LogP contribution in [0.3, 0.4) is 0 Å². The predicted molar refractivity (Wildman–Crippen MR) is 83.6 cm³/mol. The van der Waals surface area contributed by atoms with Crippen molar-refractivity contribution in [1.82, 2.24) is 0 Å². The molecular weight excluding hydrogens is 260 g/mol. The van der Waals surface area contributed by atoms with Gasteiger partial charge in [0.2, 0.25) is 0 Å². The smallest absolute Gasteiger partial charge is 0.169 e. The van der Waals surface area contributed by atoms with Crippen molar-refractivity contribution in [1.29, 1.82) is 0 Å². The van der Waals surface area contributed by atoms with Crippen LogP contribution in [0, 0.1) is 26.7 Å². The van der Waals surface area contributed by atoms with E-state index in [0.29, 0.717) is 6.42 Å². The molecule has 2 atom stereocenters. The van der Waals surface area contributed by atoms with E-state index >= 15 is 0 Å². The summed E-state index contributed by atoms with van der Waals surface area (Å²) in [5, 5.41) is 10.5. The fourth-order valence-electron chi connectivity index (χ4n) is 3.56. The van der Waals surface area contributed by atoms with Gasteiger partial charge < -0.3 is 5.11 Å². The Morgan fingerprint density at radius 2 is 1.71 bits per heavy atom. The number of hydrogen-bond acceptors (Lipinski definition) is 2. The molecule has 3 rings (SSSR count). The van der Waals surface area contributed by atoms with Gasteiger partial charge in [-0.2, -0.15) is 0 Å². The Morgan fingerprint density at radius 1 is 1.10 bits per heavy atom. The van der Waals surface area contributed by atoms with Crippen molar-refractivity contribution < 1.29 is 9.90 Å². The second kappa shape index (κ2) is 5.12. The number of aryl methyl sites for hydroxylation is 3. The second-order valence-corrected chi connectivity index (χ2v) is 6.09. The van der Waals surface area contributed by atoms with Crippen LogP contribution in [0.25, 0.3) is 0 Å². The van der Waals surface area contributed by atoms with Crippen molar-refractivity contribution in [2.24, 2.45) is 5.92 Å². The molecule has 2 aromatic carbocycles. The van der Waals surface area contributed by atoms with Crippen LogP contribution in [-0.2, 0) is 6.42 Å². The summed E-state index contributed by atoms with van der Waals surface area (Å²) in [6.45, 7) is 5.98. The normalized spacial score (nSPS) is 20.4. The molecule has 0 fully saturated rings. The molecule has 0 heterocycles. The van der Waals surface area contributed by atoms with Gasteiger partial charge in [-0.25, -0.2) is 0 Å². The Labute approximate surface area is 125 Å². The van der Waals surface area contributed by atoms with Gasteiger partial charge in [0.25, 0.3) is 0 Å². The van der Waals surface area contributed by atoms with Gasteiger partial charge in [-0.15, -0.1) is 0 Å². The minimum Gasteiger partial charge on any atom is -0.388 e. The lowest BCUT2D eigenvalue weighted by Gasteiger charge is -2.17. The molecule has 108 valence electrons. The lowest BCUT2D eigenvalue weighted by atomic mass is 9.87. The number of benzene rings is 2. The van der Waals surface area contributed by atoms with Crippen molar-refractivity contribution in [3.05, 3.63) is 69.8 Å². The first kappa shape index (κ1) is 14.0. The average molecular weight is 280 g/mol. The van der Waals surface area contributed by atoms with Crippen LogP contribution < -0.4 is 0 Å². The monoisotopic (exact) mass is 280 g/mol. The first-order valence-electron chi connectivity index (χ1n) is 7.37. The molecule has 0 radical (unpaired) electrons. The van der Waals surface area contributed by atoms with E-state index in [1.807, 2.05) is 57.2 Å². The number of aliphatic hydroxyl groups is 1. The van der Waals surface area contributed by atoms with E-state index in [9.17, 15) is 9.90 Å². The van der Waals surface area contributed by atoms with E-state index in [1.54, 1.807) is 0 Å². The van der Waals surface area contributed by atoms with Gasteiger partial charge in [-0.3, -0.25) is 4.79 Å². The Hall–Kier alpha value is -1.93. The zero-order valence-corrected chi connectivity index (χ0v) is 12.7. The minimum absolute atomic E-state index is 0.0636. The Kier molecular flexibility index (Phi) is 3.42. The topological polar surface area (TPSA) is 37.3 Å². The minimum atomic E-state index is -0.686. The van der Waals surface area contributed by atoms with Gasteiger partial charge in [0, 0.05) is 5.56 Å². The number of hydrogen-bond donors (Lipinski definition) is 1. The number of fused-ring (bicyclic) bond motifs is 1. The number of ketones is 1. The molecule has 0 unspecified atom stereocenters. The van der Waals surface area contributed by atoms with E-state index in [2.05, 4.69) is 0 Å². The number of rotatable bonds is 2. The third-order valence-corrected chi connectivity index (χ3v) is 4.45. The maximum absolute atomic E-state index is 12.9. The van der Waals surface area contributed by atoms with Gasteiger partial charge in [-0.05, 0) is 49.4 Å². The lowest BCUT2D eigenvalue weighted by Crippen LogP contribution is -2.21. The summed E-state index contributed by atoms with van der Waals surface area (Å²) in [6.07, 6.45) is -0.0584. The van der Waals surface area contributed by atoms with Gasteiger partial charge in [-0.1, -0.05) is 42.0 Å². The molecule has 2 nitrogen and oxygen atoms in total. The highest BCUT2D eigenvalue weighted by Gasteiger charge is 2.37. The van der Waals surface area contributed by atoms with E-state index in [1.165, 1.54) is 0 Å². The number of carbonyl (C=O) groups is 1. The second-order valence-electron chi connectivity index (χ2n) is 6.09. The lowest BCUT2D eigenvalue weighted by molar-refractivity contribution is 0.0724. The largest absolute Gasteiger partial charge is 0.388 e. The molecule has 0 spiro atoms. The third-order valence-electron chi connectivity index (χ3n) is 4.45. The van der Waals surface area contributed by atoms with Gasteiger partial charge in [0.1, 0.15) is 0 Å². The molecule has 21 heavy (non-hydrogen) atoms. The molecule has 0 bridgehead atoms. The molecule has 0 saturated heterocycles. The van der Waals surface area contributed by atoms with Crippen molar-refractivity contribution in [2.45, 2.75) is 33.3 Å². The molecule has 2 aromatic rings. The van der Waals surface area contributed by atoms with Crippen LogP contribution in [0.4, 0.5) is 0 Å². The molecular formula is C19H20O2. The van der Waals surface area contributed by atoms with Crippen LogP contribution in [0.2, 0.25) is 0 Å². The molecule has 0 aromatic heterocycles. The maximum atomic E-state index is 12.9. The van der Waals surface area contributed by atoms with Gasteiger partial charge >= 0.3 is 0 Å². The van der Waals surface area contributed by atoms with Gasteiger partial charge in [0.15, 0.2) is 5.78 Å². The van der Waals surface area contributed by atoms with Crippen LogP contribution in [-0.4, -0.2) is 10.9 Å². The predicted octanol–water partition coefficient (Wildman–Crippen LogP) is 3.70. The van der Waals surface area contributed by atoms with Gasteiger partial charge in [0.05, 0.1) is 12.0 Å². The van der Waals surface area contributed by atoms with E-state index < -0.39 is 6.10 Å². The highest BCUT2D eigenvalue weighted by Crippen LogP contribution is 2.38. The van der Waals surface area contributed by atoms with Crippen LogP contribution in [0.15, 0.2) is 36.4 Å². The number of aliphatic hydroxyl groups excluding tert-OH is 1. The van der Waals surface area contributed by atoms with E-state index in [-0.39, 0.29) is 11.7 Å². The summed E-state index contributed by atoms with van der Waals surface area (Å²) >= 11 is 0. The number of Topliss-reactive ketones (excluding diaryl/α,β-unsaturated/α-hetero) is 1. The molecule has 0 amide bonds. The SMILES string of the molecule is Cc1cc(C)c(C(=O)[C@@H]2Cc3ccccc3[C@@H]2O)c(C)c1. The first-order chi connectivity index (χ1) is 9.99. The van der Waals surface area contributed by atoms with Crippen molar-refractivity contribution in [3.8, 4) is 0 Å². The van der Waals surface area contributed by atoms with Crippen LogP contribution in [0.5, 0.6) is 0 Å². The average Bonchev–Trinajstić information content (AvgIpc) is 2.75. The molecule has 1 aliphatic carbocycles. The summed E-state index contributed by atoms with van der Waals surface area (Å²) in [7, 11) is 0. The van der Waals surface area contributed by atoms with Crippen LogP contribution >= 0.6 is 0 Å². The zero-order valence-electron chi connectivity index (χ0n) is 12.7. The quantitative estimate of drug-likeness (QED) is 0.852. The molecule has 0 saturated carbocycles. The summed E-state index contributed by atoms with van der Waals surface area (Å²) in [6, 6.07) is 11.9. The highest BCUT2D eigenvalue weighted by atomic mass is 16.3. The molecule has 1 aliphatic rings. The highest BCUT2D eigenvalue weighted by molar-refractivity contribution is 6.01. The van der Waals surface area contributed by atoms with Crippen molar-refractivity contribution in [3.63, 3.8) is 0 Å². The summed E-state index contributed by atoms with van der Waals surface area (Å²) in [4.78, 5) is 12.9. The Morgan fingerprint density at radius 3 is 2.33 bits per heavy atom. The molecule has 1 N–H and O–H groups in total. The molecule has 0 aliphatic heterocycles. The van der Waals surface area contributed by atoms with Crippen molar-refractivity contribution >= 4 is 5.78 Å². The van der Waals surface area contributed by atoms with Crippen molar-refractivity contribution in [2.75, 3.05) is 0 Å². The Bertz CT molecular complexity index is 692. The molecule has 2 heteroatoms. The zero-order chi connectivity index (χ0) is 15.1. The summed E-state index contributed by atoms with van der Waals surface area (Å²) in [5.41, 5.74) is 5.93. The number of carbonyl (C=O) groups excluding carboxylic acids is 1. The summed E-state index contributed by atoms with van der Waals surface area (Å²) < 4.78 is 0. The van der Waals surface area contributed by atoms with E-state index in [0.717, 1.165) is 33.4 Å². The third kappa shape index (κ3) is 2.30. The fraction of sp³-hybridized carbons (Fsp3) is 0.316. The maximum Gasteiger partial charge on any atom is 0.169 e.